The summed E-state index contributed by atoms with van der Waals surface area (Å²) < 4.78 is 55.3. The lowest BCUT2D eigenvalue weighted by atomic mass is 9.90. The fourth-order valence-electron chi connectivity index (χ4n) is 4.97. The van der Waals surface area contributed by atoms with Crippen molar-refractivity contribution in [2.75, 3.05) is 43.1 Å². The summed E-state index contributed by atoms with van der Waals surface area (Å²) in [4.78, 5) is 23.7. The second kappa shape index (κ2) is 10.9. The fraction of sp³-hybridized carbons (Fsp3) is 0.333. The van der Waals surface area contributed by atoms with Gasteiger partial charge < -0.3 is 29.4 Å². The summed E-state index contributed by atoms with van der Waals surface area (Å²) in [7, 11) is 1.58. The van der Waals surface area contributed by atoms with Crippen LogP contribution in [0.3, 0.4) is 0 Å². The Morgan fingerprint density at radius 3 is 2.76 bits per heavy atom. The van der Waals surface area contributed by atoms with Gasteiger partial charge in [0.05, 0.1) is 36.9 Å². The molecule has 0 spiro atoms. The second-order valence-corrected chi connectivity index (χ2v) is 10.2. The summed E-state index contributed by atoms with van der Waals surface area (Å²) >= 11 is 6.73. The third-order valence-electron chi connectivity index (χ3n) is 7.17. The number of fused-ring (bicyclic) bond motifs is 2. The number of hydrogen-bond donors (Lipinski definition) is 2. The Balaban J connectivity index is 1.30. The number of aryl methyl sites for hydroxylation is 1. The number of allylic oxidation sites excluding steroid dienone is 4. The van der Waals surface area contributed by atoms with Crippen LogP contribution in [0, 0.1) is 5.92 Å². The van der Waals surface area contributed by atoms with Crippen LogP contribution < -0.4 is 15.0 Å². The van der Waals surface area contributed by atoms with Crippen molar-refractivity contribution in [1.82, 2.24) is 24.1 Å². The van der Waals surface area contributed by atoms with Crippen molar-refractivity contribution in [3.63, 3.8) is 0 Å². The van der Waals surface area contributed by atoms with E-state index < -0.39 is 30.1 Å². The number of Topliss-reactive ketones (excluding diaryl/α,β-unsaturated/α-hetero) is 1. The number of rotatable bonds is 7. The van der Waals surface area contributed by atoms with Gasteiger partial charge in [-0.05, 0) is 24.6 Å². The summed E-state index contributed by atoms with van der Waals surface area (Å²) in [5, 5.41) is 16.5. The first-order valence-corrected chi connectivity index (χ1v) is 13.4. The van der Waals surface area contributed by atoms with Crippen LogP contribution in [0.5, 0.6) is 11.5 Å². The number of hydrogen-bond acceptors (Lipinski definition) is 9. The number of aromatic nitrogens is 5. The van der Waals surface area contributed by atoms with Crippen molar-refractivity contribution < 1.29 is 32.5 Å². The maximum atomic E-state index is 13.5. The molecule has 0 aromatic carbocycles. The molecule has 1 fully saturated rings. The van der Waals surface area contributed by atoms with Crippen LogP contribution in [0.15, 0.2) is 54.1 Å². The van der Waals surface area contributed by atoms with Crippen LogP contribution in [-0.4, -0.2) is 74.1 Å². The first-order chi connectivity index (χ1) is 20.1. The molecule has 5 heterocycles. The number of nitrogens with one attached hydrogen (secondary N) is 1. The van der Waals surface area contributed by atoms with Gasteiger partial charge in [-0.25, -0.2) is 9.50 Å². The lowest BCUT2D eigenvalue weighted by molar-refractivity contribution is -0.118. The van der Waals surface area contributed by atoms with Crippen molar-refractivity contribution in [3.8, 4) is 11.5 Å². The Labute approximate surface area is 241 Å². The molecule has 4 aromatic rings. The molecular formula is C27H25ClF3N7O4. The number of nitrogens with zero attached hydrogens (tertiary/aromatic N) is 6. The van der Waals surface area contributed by atoms with Crippen molar-refractivity contribution in [2.45, 2.75) is 12.6 Å². The van der Waals surface area contributed by atoms with E-state index >= 15 is 0 Å². The van der Waals surface area contributed by atoms with Gasteiger partial charge in [0, 0.05) is 44.5 Å². The summed E-state index contributed by atoms with van der Waals surface area (Å²) in [5.41, 5.74) is 0.930. The topological polar surface area (TPSA) is 119 Å². The third-order valence-corrected chi connectivity index (χ3v) is 7.53. The van der Waals surface area contributed by atoms with E-state index in [1.165, 1.54) is 10.8 Å². The number of ether oxygens (including phenoxy) is 2. The molecule has 0 bridgehead atoms. The van der Waals surface area contributed by atoms with Crippen molar-refractivity contribution >= 4 is 45.7 Å². The maximum Gasteiger partial charge on any atom is 0.416 e. The van der Waals surface area contributed by atoms with Gasteiger partial charge >= 0.3 is 6.18 Å². The molecule has 0 radical (unpaired) electrons. The van der Waals surface area contributed by atoms with E-state index in [0.29, 0.717) is 30.0 Å². The third kappa shape index (κ3) is 5.16. The number of imidazole rings is 1. The number of morpholine rings is 1. The highest BCUT2D eigenvalue weighted by atomic mass is 35.5. The molecule has 220 valence electrons. The van der Waals surface area contributed by atoms with Crippen LogP contribution in [0.4, 0.5) is 24.8 Å². The van der Waals surface area contributed by atoms with Gasteiger partial charge in [0.25, 0.3) is 0 Å². The minimum absolute atomic E-state index is 0.0495. The standard InChI is InChI=1S/C27H25ClF3N7O4/c1-36-23-22(28)21(42-20-14-33-38-4-2-17(12-19(20)38)37-5-8-41-9-6-37)13-32-25(23)35-26(36)34-18-11-16(27(29,30)31)10-15(3-7-39)24(18)40/h2,4,10-15,39H,3,5-9H2,1H3,(H,32,34,35). The van der Waals surface area contributed by atoms with Gasteiger partial charge in [0.1, 0.15) is 16.1 Å². The second-order valence-electron chi connectivity index (χ2n) is 9.81. The predicted octanol–water partition coefficient (Wildman–Crippen LogP) is 4.26. The number of pyridine rings is 2. The average Bonchev–Trinajstić information content (AvgIpc) is 3.52. The fourth-order valence-corrected chi connectivity index (χ4v) is 5.27. The van der Waals surface area contributed by atoms with Crippen LogP contribution in [-0.2, 0) is 16.6 Å². The molecular weight excluding hydrogens is 579 g/mol. The number of halogens is 4. The number of aliphatic hydroxyl groups excluding tert-OH is 1. The van der Waals surface area contributed by atoms with E-state index in [0.717, 1.165) is 30.9 Å². The largest absolute Gasteiger partial charge is 0.450 e. The van der Waals surface area contributed by atoms with E-state index in [2.05, 4.69) is 25.3 Å². The molecule has 0 saturated carbocycles. The molecule has 6 rings (SSSR count). The quantitative estimate of drug-likeness (QED) is 0.319. The van der Waals surface area contributed by atoms with Gasteiger partial charge in [-0.2, -0.15) is 23.3 Å². The SMILES string of the molecule is Cn1c(NC2=CC(C(F)(F)F)=CC(CCO)C2=O)nc2ncc(Oc3cnn4ccc(N5CCOCC5)cc34)c(Cl)c21. The normalized spacial score (nSPS) is 18.0. The molecule has 1 unspecified atom stereocenters. The molecule has 1 atom stereocenters. The molecule has 4 aromatic heterocycles. The zero-order valence-electron chi connectivity index (χ0n) is 22.2. The molecule has 2 N–H and O–H groups in total. The Hall–Kier alpha value is -4.14. The highest BCUT2D eigenvalue weighted by Crippen LogP contribution is 2.38. The maximum absolute atomic E-state index is 13.5. The van der Waals surface area contributed by atoms with E-state index in [4.69, 9.17) is 21.1 Å². The summed E-state index contributed by atoms with van der Waals surface area (Å²) in [6, 6.07) is 3.92. The lowest BCUT2D eigenvalue weighted by Gasteiger charge is -2.28. The zero-order chi connectivity index (χ0) is 29.6. The Morgan fingerprint density at radius 2 is 2.02 bits per heavy atom. The van der Waals surface area contributed by atoms with Gasteiger partial charge in [-0.15, -0.1) is 0 Å². The van der Waals surface area contributed by atoms with Crippen LogP contribution in [0.2, 0.25) is 5.02 Å². The van der Waals surface area contributed by atoms with Gasteiger partial charge in [-0.1, -0.05) is 17.7 Å². The smallest absolute Gasteiger partial charge is 0.416 e. The van der Waals surface area contributed by atoms with Crippen molar-refractivity contribution in [3.05, 3.63) is 59.2 Å². The summed E-state index contributed by atoms with van der Waals surface area (Å²) in [5.74, 6) is -1.04. The molecule has 0 amide bonds. The number of aliphatic hydroxyl groups is 1. The molecule has 42 heavy (non-hydrogen) atoms. The molecule has 1 aliphatic carbocycles. The number of ketones is 1. The Kier molecular flexibility index (Phi) is 7.29. The minimum Gasteiger partial charge on any atom is -0.450 e. The minimum atomic E-state index is -4.67. The van der Waals surface area contributed by atoms with Crippen LogP contribution in [0.1, 0.15) is 6.42 Å². The number of anilines is 2. The van der Waals surface area contributed by atoms with Gasteiger partial charge in [0.2, 0.25) is 5.95 Å². The first kappa shape index (κ1) is 28.0. The van der Waals surface area contributed by atoms with E-state index in [-0.39, 0.29) is 34.5 Å². The molecule has 1 saturated heterocycles. The van der Waals surface area contributed by atoms with E-state index in [1.54, 1.807) is 17.8 Å². The van der Waals surface area contributed by atoms with Crippen LogP contribution >= 0.6 is 11.6 Å². The molecule has 15 heteroatoms. The number of alkyl halides is 3. The number of carbonyl (C=O) groups excluding carboxylic acids is 1. The van der Waals surface area contributed by atoms with Crippen LogP contribution in [0.25, 0.3) is 16.7 Å². The average molecular weight is 604 g/mol. The summed E-state index contributed by atoms with van der Waals surface area (Å²) in [6.45, 7) is 2.38. The summed E-state index contributed by atoms with van der Waals surface area (Å²) in [6.07, 6.45) is 1.52. The highest BCUT2D eigenvalue weighted by molar-refractivity contribution is 6.36. The van der Waals surface area contributed by atoms with Gasteiger partial charge in [-0.3, -0.25) is 4.79 Å². The van der Waals surface area contributed by atoms with E-state index in [1.807, 2.05) is 18.3 Å². The lowest BCUT2D eigenvalue weighted by Crippen LogP contribution is -2.36. The Bertz CT molecular complexity index is 1740. The predicted molar refractivity (Wildman–Crippen MR) is 148 cm³/mol. The monoisotopic (exact) mass is 603 g/mol. The number of carbonyl (C=O) groups is 1. The molecule has 11 nitrogen and oxygen atoms in total. The zero-order valence-corrected chi connectivity index (χ0v) is 23.0. The molecule has 1 aliphatic heterocycles. The van der Waals surface area contributed by atoms with Gasteiger partial charge in [0.15, 0.2) is 22.9 Å². The Morgan fingerprint density at radius 1 is 1.24 bits per heavy atom. The highest BCUT2D eigenvalue weighted by Gasteiger charge is 2.38. The van der Waals surface area contributed by atoms with Crippen molar-refractivity contribution in [1.29, 1.82) is 0 Å². The first-order valence-electron chi connectivity index (χ1n) is 13.1. The van der Waals surface area contributed by atoms with E-state index in [9.17, 15) is 23.1 Å². The molecule has 2 aliphatic rings. The van der Waals surface area contributed by atoms with Crippen molar-refractivity contribution in [2.24, 2.45) is 13.0 Å².